The molecule has 0 fully saturated rings. The Kier molecular flexibility index (Phi) is 4.80. The fraction of sp³-hybridized carbons (Fsp3) is 0.333. The maximum Gasteiger partial charge on any atom is 0.338 e. The minimum absolute atomic E-state index is 0.306. The van der Waals surface area contributed by atoms with Crippen LogP contribution in [0, 0.1) is 0 Å². The lowest BCUT2D eigenvalue weighted by atomic mass is 10.1. The third-order valence-electron chi connectivity index (χ3n) is 2.95. The van der Waals surface area contributed by atoms with Gasteiger partial charge in [0.15, 0.2) is 0 Å². The number of benzene rings is 1. The zero-order chi connectivity index (χ0) is 13.7. The lowest BCUT2D eigenvalue weighted by Crippen LogP contribution is -2.01. The summed E-state index contributed by atoms with van der Waals surface area (Å²) in [5.74, 6) is 0.0403. The summed E-state index contributed by atoms with van der Waals surface area (Å²) in [5, 5.41) is 10.2. The van der Waals surface area contributed by atoms with E-state index in [1.165, 1.54) is 19.0 Å². The number of carboxylic acid groups (broad SMARTS) is 1. The second kappa shape index (κ2) is 6.57. The van der Waals surface area contributed by atoms with Crippen LogP contribution in [0.25, 0.3) is 10.9 Å². The second-order valence-corrected chi connectivity index (χ2v) is 5.48. The number of para-hydroxylation sites is 1. The summed E-state index contributed by atoms with van der Waals surface area (Å²) < 4.78 is 0. The number of aromatic nitrogens is 1. The number of fused-ring (bicyclic) bond motifs is 1. The largest absolute Gasteiger partial charge is 0.478 e. The van der Waals surface area contributed by atoms with E-state index in [1.807, 2.05) is 24.3 Å². The highest BCUT2D eigenvalue weighted by Gasteiger charge is 2.14. The summed E-state index contributed by atoms with van der Waals surface area (Å²) in [7, 11) is 0. The molecule has 0 saturated carbocycles. The van der Waals surface area contributed by atoms with Crippen molar-refractivity contribution in [3.05, 3.63) is 36.0 Å². The first-order valence-electron chi connectivity index (χ1n) is 6.48. The molecule has 1 aromatic heterocycles. The minimum Gasteiger partial charge on any atom is -0.478 e. The van der Waals surface area contributed by atoms with Crippen LogP contribution in [0.3, 0.4) is 0 Å². The molecule has 19 heavy (non-hydrogen) atoms. The van der Waals surface area contributed by atoms with E-state index in [1.54, 1.807) is 11.8 Å². The van der Waals surface area contributed by atoms with Gasteiger partial charge in [-0.3, -0.25) is 4.98 Å². The van der Waals surface area contributed by atoms with Gasteiger partial charge < -0.3 is 5.11 Å². The van der Waals surface area contributed by atoms with Gasteiger partial charge in [-0.15, -0.1) is 11.8 Å². The summed E-state index contributed by atoms with van der Waals surface area (Å²) in [6.45, 7) is 2.16. The zero-order valence-corrected chi connectivity index (χ0v) is 11.7. The van der Waals surface area contributed by atoms with Crippen LogP contribution in [0.4, 0.5) is 0 Å². The van der Waals surface area contributed by atoms with Crippen molar-refractivity contribution in [2.24, 2.45) is 0 Å². The normalized spacial score (nSPS) is 10.8. The maximum absolute atomic E-state index is 11.3. The molecule has 0 aliphatic carbocycles. The number of carbonyl (C=O) groups is 1. The van der Waals surface area contributed by atoms with Gasteiger partial charge in [-0.1, -0.05) is 38.0 Å². The predicted molar refractivity (Wildman–Crippen MR) is 79.0 cm³/mol. The number of hydrogen-bond donors (Lipinski definition) is 1. The molecular formula is C15H17NO2S. The van der Waals surface area contributed by atoms with Crippen molar-refractivity contribution in [2.45, 2.75) is 31.1 Å². The molecule has 0 aliphatic heterocycles. The molecule has 0 bridgehead atoms. The van der Waals surface area contributed by atoms with Gasteiger partial charge in [0.05, 0.1) is 11.1 Å². The van der Waals surface area contributed by atoms with Crippen LogP contribution in [0.1, 0.15) is 36.5 Å². The smallest absolute Gasteiger partial charge is 0.338 e. The third kappa shape index (κ3) is 3.26. The number of carboxylic acids is 1. The Hall–Kier alpha value is -1.55. The highest BCUT2D eigenvalue weighted by atomic mass is 32.2. The quantitative estimate of drug-likeness (QED) is 0.633. The Balaban J connectivity index is 2.35. The number of aromatic carboxylic acids is 1. The first-order valence-corrected chi connectivity index (χ1v) is 7.46. The molecule has 0 unspecified atom stereocenters. The van der Waals surface area contributed by atoms with E-state index in [0.717, 1.165) is 28.0 Å². The Morgan fingerprint density at radius 2 is 2.11 bits per heavy atom. The first kappa shape index (κ1) is 13.9. The molecule has 1 aromatic carbocycles. The number of thioether (sulfide) groups is 1. The molecule has 1 heterocycles. The molecular weight excluding hydrogens is 258 g/mol. The van der Waals surface area contributed by atoms with E-state index in [2.05, 4.69) is 11.9 Å². The van der Waals surface area contributed by atoms with Crippen molar-refractivity contribution in [3.8, 4) is 0 Å². The Labute approximate surface area is 117 Å². The average Bonchev–Trinajstić information content (AvgIpc) is 2.43. The summed E-state index contributed by atoms with van der Waals surface area (Å²) in [6, 6.07) is 7.70. The van der Waals surface area contributed by atoms with Gasteiger partial charge in [-0.05, 0) is 18.2 Å². The van der Waals surface area contributed by atoms with E-state index in [0.29, 0.717) is 5.56 Å². The Morgan fingerprint density at radius 3 is 2.84 bits per heavy atom. The number of unbranched alkanes of at least 4 members (excludes halogenated alkanes) is 2. The van der Waals surface area contributed by atoms with Crippen molar-refractivity contribution in [3.63, 3.8) is 0 Å². The molecule has 1 N–H and O–H groups in total. The van der Waals surface area contributed by atoms with Crippen molar-refractivity contribution >= 4 is 28.6 Å². The zero-order valence-electron chi connectivity index (χ0n) is 10.9. The lowest BCUT2D eigenvalue weighted by molar-refractivity contribution is 0.0693. The SMILES string of the molecule is CCCCCSc1c(C(=O)O)cnc2ccccc12. The molecule has 2 aromatic rings. The standard InChI is InChI=1S/C15H17NO2S/c1-2-3-6-9-19-14-11-7-4-5-8-13(11)16-10-12(14)15(17)18/h4-5,7-8,10H,2-3,6,9H2,1H3,(H,17,18). The monoisotopic (exact) mass is 275 g/mol. The molecule has 0 saturated heterocycles. The number of nitrogens with zero attached hydrogens (tertiary/aromatic N) is 1. The number of hydrogen-bond acceptors (Lipinski definition) is 3. The van der Waals surface area contributed by atoms with E-state index < -0.39 is 5.97 Å². The van der Waals surface area contributed by atoms with Gasteiger partial charge >= 0.3 is 5.97 Å². The van der Waals surface area contributed by atoms with Gasteiger partial charge in [-0.25, -0.2) is 4.79 Å². The molecule has 3 nitrogen and oxygen atoms in total. The van der Waals surface area contributed by atoms with E-state index in [-0.39, 0.29) is 0 Å². The molecule has 0 radical (unpaired) electrons. The average molecular weight is 275 g/mol. The molecule has 100 valence electrons. The fourth-order valence-electron chi connectivity index (χ4n) is 1.95. The van der Waals surface area contributed by atoms with Crippen LogP contribution < -0.4 is 0 Å². The minimum atomic E-state index is -0.906. The van der Waals surface area contributed by atoms with Gasteiger partial charge in [0.2, 0.25) is 0 Å². The first-order chi connectivity index (χ1) is 9.24. The summed E-state index contributed by atoms with van der Waals surface area (Å²) in [4.78, 5) is 16.4. The predicted octanol–water partition coefficient (Wildman–Crippen LogP) is 4.22. The van der Waals surface area contributed by atoms with Gasteiger partial charge in [0.1, 0.15) is 0 Å². The van der Waals surface area contributed by atoms with Crippen molar-refractivity contribution in [2.75, 3.05) is 5.75 Å². The molecule has 0 amide bonds. The Morgan fingerprint density at radius 1 is 1.32 bits per heavy atom. The topological polar surface area (TPSA) is 50.2 Å². The van der Waals surface area contributed by atoms with Crippen LogP contribution in [-0.4, -0.2) is 21.8 Å². The van der Waals surface area contributed by atoms with Gasteiger partial charge in [-0.2, -0.15) is 0 Å². The lowest BCUT2D eigenvalue weighted by Gasteiger charge is -2.09. The number of rotatable bonds is 6. The Bertz CT molecular complexity index is 583. The van der Waals surface area contributed by atoms with Gasteiger partial charge in [0, 0.05) is 16.5 Å². The molecule has 2 rings (SSSR count). The van der Waals surface area contributed by atoms with Crippen LogP contribution in [0.5, 0.6) is 0 Å². The van der Waals surface area contributed by atoms with Gasteiger partial charge in [0.25, 0.3) is 0 Å². The highest BCUT2D eigenvalue weighted by molar-refractivity contribution is 7.99. The number of pyridine rings is 1. The second-order valence-electron chi connectivity index (χ2n) is 4.38. The maximum atomic E-state index is 11.3. The summed E-state index contributed by atoms with van der Waals surface area (Å²) >= 11 is 1.62. The third-order valence-corrected chi connectivity index (χ3v) is 4.17. The molecule has 0 atom stereocenters. The van der Waals surface area contributed by atoms with Crippen LogP contribution in [0.2, 0.25) is 0 Å². The summed E-state index contributed by atoms with van der Waals surface area (Å²) in [5.41, 5.74) is 1.16. The van der Waals surface area contributed by atoms with E-state index in [4.69, 9.17) is 0 Å². The molecule has 0 aliphatic rings. The van der Waals surface area contributed by atoms with E-state index in [9.17, 15) is 9.90 Å². The highest BCUT2D eigenvalue weighted by Crippen LogP contribution is 2.31. The van der Waals surface area contributed by atoms with Crippen molar-refractivity contribution < 1.29 is 9.90 Å². The van der Waals surface area contributed by atoms with Crippen LogP contribution in [-0.2, 0) is 0 Å². The molecule has 4 heteroatoms. The van der Waals surface area contributed by atoms with Crippen molar-refractivity contribution in [1.82, 2.24) is 4.98 Å². The molecule has 0 spiro atoms. The summed E-state index contributed by atoms with van der Waals surface area (Å²) in [6.07, 6.45) is 4.92. The van der Waals surface area contributed by atoms with Crippen LogP contribution >= 0.6 is 11.8 Å². The van der Waals surface area contributed by atoms with E-state index >= 15 is 0 Å². The fourth-order valence-corrected chi connectivity index (χ4v) is 3.13. The van der Waals surface area contributed by atoms with Crippen LogP contribution in [0.15, 0.2) is 35.4 Å². The van der Waals surface area contributed by atoms with Crippen molar-refractivity contribution in [1.29, 1.82) is 0 Å².